The Morgan fingerprint density at radius 2 is 2.00 bits per heavy atom. The maximum absolute atomic E-state index is 9.96. The zero-order valence-corrected chi connectivity index (χ0v) is 19.5. The Bertz CT molecular complexity index is 1080. The number of nitrogens with zero attached hydrogens (tertiary/aromatic N) is 3. The first-order valence-corrected chi connectivity index (χ1v) is 11.6. The fourth-order valence-electron chi connectivity index (χ4n) is 3.93. The summed E-state index contributed by atoms with van der Waals surface area (Å²) in [4.78, 5) is 8.92. The number of fused-ring (bicyclic) bond motifs is 1. The van der Waals surface area contributed by atoms with Gasteiger partial charge in [0.05, 0.1) is 33.4 Å². The predicted octanol–water partition coefficient (Wildman–Crippen LogP) is 5.16. The van der Waals surface area contributed by atoms with E-state index in [1.807, 2.05) is 12.1 Å². The SMILES string of the molecule is Cc1cc(N2CCC(C)(CN)CC2)n2c(CO)cnc2c1Sc1cccc(Cl)c1Cl. The molecule has 1 aliphatic heterocycles. The molecule has 0 saturated carbocycles. The van der Waals surface area contributed by atoms with E-state index in [0.717, 1.165) is 58.4 Å². The van der Waals surface area contributed by atoms with Crippen LogP contribution in [0.25, 0.3) is 5.65 Å². The van der Waals surface area contributed by atoms with E-state index in [2.05, 4.69) is 34.2 Å². The Kier molecular flexibility index (Phi) is 6.24. The zero-order chi connectivity index (χ0) is 21.5. The number of aliphatic hydroxyl groups is 1. The van der Waals surface area contributed by atoms with Crippen molar-refractivity contribution in [2.75, 3.05) is 24.5 Å². The summed E-state index contributed by atoms with van der Waals surface area (Å²) in [5, 5.41) is 11.0. The first kappa shape index (κ1) is 21.8. The van der Waals surface area contributed by atoms with E-state index in [1.165, 1.54) is 0 Å². The number of benzene rings is 1. The number of nitrogens with two attached hydrogens (primary N) is 1. The monoisotopic (exact) mass is 464 g/mol. The topological polar surface area (TPSA) is 66.8 Å². The molecule has 3 aromatic rings. The molecule has 1 saturated heterocycles. The van der Waals surface area contributed by atoms with Crippen molar-refractivity contribution in [3.05, 3.63) is 51.8 Å². The molecule has 0 amide bonds. The van der Waals surface area contributed by atoms with Crippen LogP contribution in [0.1, 0.15) is 31.0 Å². The summed E-state index contributed by atoms with van der Waals surface area (Å²) >= 11 is 14.2. The van der Waals surface area contributed by atoms with E-state index in [9.17, 15) is 5.11 Å². The van der Waals surface area contributed by atoms with E-state index in [0.29, 0.717) is 16.6 Å². The minimum Gasteiger partial charge on any atom is -0.390 e. The van der Waals surface area contributed by atoms with Crippen LogP contribution in [0.2, 0.25) is 10.0 Å². The summed E-state index contributed by atoms with van der Waals surface area (Å²) in [5.74, 6) is 1.06. The van der Waals surface area contributed by atoms with Gasteiger partial charge in [0.25, 0.3) is 0 Å². The molecule has 0 spiro atoms. The summed E-state index contributed by atoms with van der Waals surface area (Å²) in [6, 6.07) is 7.81. The van der Waals surface area contributed by atoms with Gasteiger partial charge in [-0.15, -0.1) is 0 Å². The van der Waals surface area contributed by atoms with Gasteiger partial charge >= 0.3 is 0 Å². The lowest BCUT2D eigenvalue weighted by Crippen LogP contribution is -2.43. The second kappa shape index (κ2) is 8.60. The molecule has 3 N–H and O–H groups in total. The van der Waals surface area contributed by atoms with Crippen LogP contribution in [-0.2, 0) is 6.61 Å². The number of aryl methyl sites for hydroxylation is 1. The Morgan fingerprint density at radius 3 is 2.67 bits per heavy atom. The highest BCUT2D eigenvalue weighted by atomic mass is 35.5. The number of hydrogen-bond acceptors (Lipinski definition) is 5. The van der Waals surface area contributed by atoms with E-state index >= 15 is 0 Å². The molecule has 1 aliphatic rings. The normalized spacial score (nSPS) is 16.4. The van der Waals surface area contributed by atoms with Crippen molar-refractivity contribution >= 4 is 46.4 Å². The van der Waals surface area contributed by atoms with Crippen molar-refractivity contribution in [2.45, 2.75) is 43.1 Å². The fraction of sp³-hybridized carbons (Fsp3) is 0.409. The van der Waals surface area contributed by atoms with Crippen LogP contribution in [0.5, 0.6) is 0 Å². The molecule has 0 bridgehead atoms. The highest BCUT2D eigenvalue weighted by Crippen LogP contribution is 2.42. The van der Waals surface area contributed by atoms with Gasteiger partial charge in [0.2, 0.25) is 0 Å². The minimum atomic E-state index is -0.0758. The molecule has 0 aliphatic carbocycles. The standard InChI is InChI=1S/C22H26Cl2N4OS/c1-14-10-18(27-8-6-22(2,13-25)7-9-27)28-15(12-29)11-26-21(28)20(14)30-17-5-3-4-16(23)19(17)24/h3-5,10-11,29H,6-9,12-13,25H2,1-2H3. The molecule has 1 fully saturated rings. The van der Waals surface area contributed by atoms with Gasteiger partial charge in [-0.1, -0.05) is 48.0 Å². The van der Waals surface area contributed by atoms with Crippen molar-refractivity contribution in [1.82, 2.24) is 9.38 Å². The van der Waals surface area contributed by atoms with Crippen molar-refractivity contribution in [3.8, 4) is 0 Å². The van der Waals surface area contributed by atoms with Gasteiger partial charge in [-0.25, -0.2) is 4.98 Å². The van der Waals surface area contributed by atoms with E-state index in [4.69, 9.17) is 28.9 Å². The third kappa shape index (κ3) is 3.92. The van der Waals surface area contributed by atoms with Crippen LogP contribution in [0, 0.1) is 12.3 Å². The third-order valence-corrected chi connectivity index (χ3v) is 8.25. The van der Waals surface area contributed by atoms with Crippen molar-refractivity contribution in [2.24, 2.45) is 11.1 Å². The number of imidazole rings is 1. The predicted molar refractivity (Wildman–Crippen MR) is 125 cm³/mol. The van der Waals surface area contributed by atoms with E-state index in [-0.39, 0.29) is 12.0 Å². The molecular formula is C22H26Cl2N4OS. The quantitative estimate of drug-likeness (QED) is 0.545. The second-order valence-electron chi connectivity index (χ2n) is 8.24. The number of piperidine rings is 1. The number of pyridine rings is 1. The second-order valence-corrected chi connectivity index (χ2v) is 10.1. The number of halogens is 2. The van der Waals surface area contributed by atoms with Crippen molar-refractivity contribution in [3.63, 3.8) is 0 Å². The average Bonchev–Trinajstić information content (AvgIpc) is 3.17. The molecule has 3 heterocycles. The lowest BCUT2D eigenvalue weighted by atomic mass is 9.80. The Balaban J connectivity index is 1.78. The molecule has 1 aromatic carbocycles. The number of anilines is 1. The molecule has 2 aromatic heterocycles. The summed E-state index contributed by atoms with van der Waals surface area (Å²) < 4.78 is 2.07. The Morgan fingerprint density at radius 1 is 1.27 bits per heavy atom. The molecule has 0 radical (unpaired) electrons. The van der Waals surface area contributed by atoms with Gasteiger partial charge in [0.15, 0.2) is 5.65 Å². The molecule has 160 valence electrons. The van der Waals surface area contributed by atoms with Crippen LogP contribution in [0.4, 0.5) is 5.82 Å². The van der Waals surface area contributed by atoms with Crippen LogP contribution in [-0.4, -0.2) is 34.1 Å². The van der Waals surface area contributed by atoms with Gasteiger partial charge in [-0.3, -0.25) is 4.40 Å². The Labute approximate surface area is 191 Å². The van der Waals surface area contributed by atoms with E-state index in [1.54, 1.807) is 24.0 Å². The van der Waals surface area contributed by atoms with Crippen LogP contribution < -0.4 is 10.6 Å². The molecule has 30 heavy (non-hydrogen) atoms. The van der Waals surface area contributed by atoms with Crippen molar-refractivity contribution < 1.29 is 5.11 Å². The van der Waals surface area contributed by atoms with Crippen LogP contribution in [0.3, 0.4) is 0 Å². The van der Waals surface area contributed by atoms with Crippen LogP contribution in [0.15, 0.2) is 40.3 Å². The lowest BCUT2D eigenvalue weighted by Gasteiger charge is -2.40. The number of aliphatic hydroxyl groups excluding tert-OH is 1. The molecule has 8 heteroatoms. The van der Waals surface area contributed by atoms with Crippen LogP contribution >= 0.6 is 35.0 Å². The van der Waals surface area contributed by atoms with Gasteiger partial charge in [-0.05, 0) is 55.5 Å². The third-order valence-electron chi connectivity index (χ3n) is 6.05. The largest absolute Gasteiger partial charge is 0.390 e. The average molecular weight is 465 g/mol. The maximum atomic E-state index is 9.96. The summed E-state index contributed by atoms with van der Waals surface area (Å²) in [5.41, 5.74) is 8.89. The molecule has 0 atom stereocenters. The number of hydrogen-bond donors (Lipinski definition) is 2. The van der Waals surface area contributed by atoms with Gasteiger partial charge in [0, 0.05) is 18.0 Å². The zero-order valence-electron chi connectivity index (χ0n) is 17.2. The van der Waals surface area contributed by atoms with E-state index < -0.39 is 0 Å². The smallest absolute Gasteiger partial charge is 0.152 e. The molecule has 4 rings (SSSR count). The first-order valence-electron chi connectivity index (χ1n) is 10.0. The lowest BCUT2D eigenvalue weighted by molar-refractivity contribution is 0.256. The minimum absolute atomic E-state index is 0.0758. The number of rotatable bonds is 5. The van der Waals surface area contributed by atoms with Gasteiger partial charge < -0.3 is 15.7 Å². The maximum Gasteiger partial charge on any atom is 0.152 e. The number of aromatic nitrogens is 2. The summed E-state index contributed by atoms with van der Waals surface area (Å²) in [6.45, 7) is 6.84. The fourth-order valence-corrected chi connectivity index (χ4v) is 5.42. The first-order chi connectivity index (χ1) is 14.4. The van der Waals surface area contributed by atoms with Gasteiger partial charge in [0.1, 0.15) is 5.82 Å². The van der Waals surface area contributed by atoms with Gasteiger partial charge in [-0.2, -0.15) is 0 Å². The highest BCUT2D eigenvalue weighted by molar-refractivity contribution is 7.99. The molecular weight excluding hydrogens is 439 g/mol. The summed E-state index contributed by atoms with van der Waals surface area (Å²) in [7, 11) is 0. The Hall–Kier alpha value is -1.44. The summed E-state index contributed by atoms with van der Waals surface area (Å²) in [6.07, 6.45) is 3.83. The highest BCUT2D eigenvalue weighted by Gasteiger charge is 2.30. The molecule has 0 unspecified atom stereocenters. The van der Waals surface area contributed by atoms with Crippen molar-refractivity contribution in [1.29, 1.82) is 0 Å². The molecule has 5 nitrogen and oxygen atoms in total.